The molecule has 8 heteroatoms. The Balaban J connectivity index is 0.000000203. The number of para-hydroxylation sites is 1. The Morgan fingerprint density at radius 3 is 2.07 bits per heavy atom. The van der Waals surface area contributed by atoms with Crippen molar-refractivity contribution in [1.29, 1.82) is 0 Å². The summed E-state index contributed by atoms with van der Waals surface area (Å²) in [6.07, 6.45) is 2.43. The van der Waals surface area contributed by atoms with Crippen molar-refractivity contribution in [3.8, 4) is 5.75 Å². The summed E-state index contributed by atoms with van der Waals surface area (Å²) < 4.78 is 0. The number of rotatable bonds is 6. The molecule has 0 saturated heterocycles. The molecule has 0 aliphatic carbocycles. The van der Waals surface area contributed by atoms with Gasteiger partial charge in [-0.1, -0.05) is 30.3 Å². The Labute approximate surface area is 161 Å². The molecule has 28 heavy (non-hydrogen) atoms. The predicted molar refractivity (Wildman–Crippen MR) is 105 cm³/mol. The Hall–Kier alpha value is -3.36. The zero-order valence-electron chi connectivity index (χ0n) is 15.1. The second-order valence-corrected chi connectivity index (χ2v) is 6.32. The smallest absolute Gasteiger partial charge is 0.320 e. The molecule has 0 unspecified atom stereocenters. The molecule has 1 heterocycles. The zero-order chi connectivity index (χ0) is 20.7. The van der Waals surface area contributed by atoms with Gasteiger partial charge in [-0.25, -0.2) is 0 Å². The number of aromatic nitrogens is 1. The van der Waals surface area contributed by atoms with Crippen molar-refractivity contribution in [2.75, 3.05) is 0 Å². The van der Waals surface area contributed by atoms with Crippen LogP contribution < -0.4 is 11.5 Å². The summed E-state index contributed by atoms with van der Waals surface area (Å²) in [6, 6.07) is 12.3. The van der Waals surface area contributed by atoms with Gasteiger partial charge >= 0.3 is 11.9 Å². The van der Waals surface area contributed by atoms with Crippen LogP contribution in [0.3, 0.4) is 0 Å². The van der Waals surface area contributed by atoms with Gasteiger partial charge in [0.15, 0.2) is 0 Å². The number of phenols is 1. The second-order valence-electron chi connectivity index (χ2n) is 6.32. The molecule has 0 fully saturated rings. The topological polar surface area (TPSA) is 163 Å². The number of hydrogen-bond acceptors (Lipinski definition) is 5. The first kappa shape index (κ1) is 20.9. The standard InChI is InChI=1S/C11H12N2O2.C9H11NO3/c12-9(11(14)15)5-7-6-13-10-4-2-1-3-8(7)10;10-8(9(12)13)5-6-1-3-7(11)4-2-6/h1-4,6,9,13H,5,12H2,(H,14,15);1-4,8,11H,5,10H2,(H,12,13)/t9-;8-/m10/s1. The first-order chi connectivity index (χ1) is 13.3. The monoisotopic (exact) mass is 385 g/mol. The first-order valence-electron chi connectivity index (χ1n) is 8.57. The number of H-pyrrole nitrogens is 1. The number of carbonyl (C=O) groups is 2. The minimum atomic E-state index is -1.02. The first-order valence-corrected chi connectivity index (χ1v) is 8.57. The lowest BCUT2D eigenvalue weighted by atomic mass is 10.1. The van der Waals surface area contributed by atoms with E-state index in [0.717, 1.165) is 22.0 Å². The molecule has 2 atom stereocenters. The van der Waals surface area contributed by atoms with Gasteiger partial charge in [0.2, 0.25) is 0 Å². The molecule has 0 radical (unpaired) electrons. The second kappa shape index (κ2) is 9.54. The van der Waals surface area contributed by atoms with Crippen LogP contribution in [0.1, 0.15) is 11.1 Å². The number of nitrogens with one attached hydrogen (secondary N) is 1. The van der Waals surface area contributed by atoms with Gasteiger partial charge in [0, 0.05) is 23.5 Å². The minimum absolute atomic E-state index is 0.160. The van der Waals surface area contributed by atoms with E-state index in [9.17, 15) is 9.59 Å². The van der Waals surface area contributed by atoms with Crippen LogP contribution in [0.15, 0.2) is 54.7 Å². The molecule has 3 rings (SSSR count). The Bertz CT molecular complexity index is 936. The lowest BCUT2D eigenvalue weighted by Crippen LogP contribution is -2.32. The van der Waals surface area contributed by atoms with Crippen LogP contribution >= 0.6 is 0 Å². The third-order valence-electron chi connectivity index (χ3n) is 4.14. The van der Waals surface area contributed by atoms with Gasteiger partial charge in [0.25, 0.3) is 0 Å². The molecule has 2 aromatic carbocycles. The molecule has 0 aliphatic heterocycles. The average Bonchev–Trinajstić information content (AvgIpc) is 3.07. The number of carboxylic acids is 2. The predicted octanol–water partition coefficient (Wildman–Crippen LogP) is 1.47. The summed E-state index contributed by atoms with van der Waals surface area (Å²) in [7, 11) is 0. The van der Waals surface area contributed by atoms with E-state index in [1.807, 2.05) is 30.5 Å². The van der Waals surface area contributed by atoms with E-state index >= 15 is 0 Å². The van der Waals surface area contributed by atoms with Crippen LogP contribution in [-0.2, 0) is 22.4 Å². The van der Waals surface area contributed by atoms with Crippen molar-refractivity contribution in [3.05, 3.63) is 65.9 Å². The normalized spacial score (nSPS) is 12.6. The van der Waals surface area contributed by atoms with Crippen LogP contribution in [0.25, 0.3) is 10.9 Å². The highest BCUT2D eigenvalue weighted by atomic mass is 16.4. The Morgan fingerprint density at radius 1 is 0.893 bits per heavy atom. The molecule has 148 valence electrons. The Kier molecular flexibility index (Phi) is 7.14. The van der Waals surface area contributed by atoms with Gasteiger partial charge in [-0.15, -0.1) is 0 Å². The lowest BCUT2D eigenvalue weighted by molar-refractivity contribution is -0.139. The molecule has 0 spiro atoms. The van der Waals surface area contributed by atoms with E-state index in [2.05, 4.69) is 4.98 Å². The summed E-state index contributed by atoms with van der Waals surface area (Å²) in [5.41, 5.74) is 13.6. The number of fused-ring (bicyclic) bond motifs is 1. The summed E-state index contributed by atoms with van der Waals surface area (Å²) in [4.78, 5) is 24.1. The maximum atomic E-state index is 10.6. The fourth-order valence-corrected chi connectivity index (χ4v) is 2.60. The maximum Gasteiger partial charge on any atom is 0.320 e. The summed E-state index contributed by atoms with van der Waals surface area (Å²) in [6.45, 7) is 0. The van der Waals surface area contributed by atoms with Crippen LogP contribution in [-0.4, -0.2) is 44.3 Å². The number of phenolic OH excluding ortho intramolecular Hbond substituents is 1. The molecule has 8 nitrogen and oxygen atoms in total. The molecular formula is C20H23N3O5. The molecule has 1 aromatic heterocycles. The molecule has 0 saturated carbocycles. The fraction of sp³-hybridized carbons (Fsp3) is 0.200. The van der Waals surface area contributed by atoms with Gasteiger partial charge in [0.05, 0.1) is 0 Å². The zero-order valence-corrected chi connectivity index (χ0v) is 15.1. The van der Waals surface area contributed by atoms with Crippen molar-refractivity contribution in [2.24, 2.45) is 11.5 Å². The molecule has 8 N–H and O–H groups in total. The summed E-state index contributed by atoms with van der Waals surface area (Å²) in [5.74, 6) is -1.83. The maximum absolute atomic E-state index is 10.6. The largest absolute Gasteiger partial charge is 0.508 e. The number of aromatic amines is 1. The van der Waals surface area contributed by atoms with Crippen molar-refractivity contribution in [1.82, 2.24) is 4.98 Å². The summed E-state index contributed by atoms with van der Waals surface area (Å²) >= 11 is 0. The van der Waals surface area contributed by atoms with Gasteiger partial charge in [-0.05, 0) is 35.7 Å². The van der Waals surface area contributed by atoms with Gasteiger partial charge < -0.3 is 31.8 Å². The molecule has 3 aromatic rings. The SMILES string of the molecule is N[C@@H](Cc1ccc(O)cc1)C(=O)O.N[C@H](Cc1c[nH]c2ccccc12)C(=O)O. The number of aromatic hydroxyl groups is 1. The molecule has 0 amide bonds. The van der Waals surface area contributed by atoms with Crippen molar-refractivity contribution in [3.63, 3.8) is 0 Å². The van der Waals surface area contributed by atoms with Crippen molar-refractivity contribution >= 4 is 22.8 Å². The summed E-state index contributed by atoms with van der Waals surface area (Å²) in [5, 5.41) is 27.2. The Morgan fingerprint density at radius 2 is 1.46 bits per heavy atom. The highest BCUT2D eigenvalue weighted by Crippen LogP contribution is 2.18. The van der Waals surface area contributed by atoms with E-state index in [1.54, 1.807) is 12.1 Å². The quantitative estimate of drug-likeness (QED) is 0.374. The van der Waals surface area contributed by atoms with Crippen LogP contribution in [0.5, 0.6) is 5.75 Å². The van der Waals surface area contributed by atoms with Gasteiger partial charge in [0.1, 0.15) is 17.8 Å². The lowest BCUT2D eigenvalue weighted by Gasteiger charge is -2.05. The van der Waals surface area contributed by atoms with Gasteiger partial charge in [-0.3, -0.25) is 9.59 Å². The van der Waals surface area contributed by atoms with Crippen LogP contribution in [0.2, 0.25) is 0 Å². The number of benzene rings is 2. The number of aliphatic carboxylic acids is 2. The molecular weight excluding hydrogens is 362 g/mol. The van der Waals surface area contributed by atoms with Gasteiger partial charge in [-0.2, -0.15) is 0 Å². The van der Waals surface area contributed by atoms with E-state index in [4.69, 9.17) is 26.8 Å². The molecule has 0 bridgehead atoms. The highest BCUT2D eigenvalue weighted by Gasteiger charge is 2.14. The van der Waals surface area contributed by atoms with Crippen molar-refractivity contribution < 1.29 is 24.9 Å². The minimum Gasteiger partial charge on any atom is -0.508 e. The fourth-order valence-electron chi connectivity index (χ4n) is 2.60. The molecule has 0 aliphatic rings. The number of carboxylic acid groups (broad SMARTS) is 2. The average molecular weight is 385 g/mol. The van der Waals surface area contributed by atoms with E-state index in [1.165, 1.54) is 12.1 Å². The number of nitrogens with two attached hydrogens (primary N) is 2. The third-order valence-corrected chi connectivity index (χ3v) is 4.14. The van der Waals surface area contributed by atoms with Crippen molar-refractivity contribution in [2.45, 2.75) is 24.9 Å². The third kappa shape index (κ3) is 5.83. The van der Waals surface area contributed by atoms with E-state index in [-0.39, 0.29) is 12.2 Å². The van der Waals surface area contributed by atoms with Crippen LogP contribution in [0, 0.1) is 0 Å². The van der Waals surface area contributed by atoms with Crippen LogP contribution in [0.4, 0.5) is 0 Å². The number of hydrogen-bond donors (Lipinski definition) is 6. The van der Waals surface area contributed by atoms with E-state index < -0.39 is 24.0 Å². The van der Waals surface area contributed by atoms with E-state index in [0.29, 0.717) is 6.42 Å². The highest BCUT2D eigenvalue weighted by molar-refractivity contribution is 5.84.